The van der Waals surface area contributed by atoms with E-state index in [1.54, 1.807) is 0 Å². The molecule has 0 radical (unpaired) electrons. The molecule has 2 aromatic heterocycles. The summed E-state index contributed by atoms with van der Waals surface area (Å²) < 4.78 is 49.6. The van der Waals surface area contributed by atoms with Crippen molar-refractivity contribution in [2.24, 2.45) is 0 Å². The van der Waals surface area contributed by atoms with Gasteiger partial charge in [-0.05, 0) is 6.07 Å². The van der Waals surface area contributed by atoms with Crippen molar-refractivity contribution in [1.29, 1.82) is 0 Å². The molecule has 3 rings (SSSR count). The number of nitrogens with zero attached hydrogens (tertiary/aromatic N) is 3. The number of rotatable bonds is 5. The largest absolute Gasteiger partial charge is 0.481 e. The second kappa shape index (κ2) is 7.09. The lowest BCUT2D eigenvalue weighted by atomic mass is 10.3. The average molecular weight is 365 g/mol. The summed E-state index contributed by atoms with van der Waals surface area (Å²) in [6, 6.07) is 3.63. The Morgan fingerprint density at radius 1 is 1.12 bits per heavy atom. The number of aromatic nitrogens is 3. The number of pyridine rings is 1. The second-order valence-electron chi connectivity index (χ2n) is 4.83. The number of hydrogen-bond donors (Lipinski definition) is 2. The highest BCUT2D eigenvalue weighted by Gasteiger charge is 2.17. The van der Waals surface area contributed by atoms with E-state index in [2.05, 4.69) is 25.8 Å². The van der Waals surface area contributed by atoms with Gasteiger partial charge in [-0.3, -0.25) is 4.79 Å². The molecule has 134 valence electrons. The van der Waals surface area contributed by atoms with Crippen molar-refractivity contribution >= 4 is 23.3 Å². The number of amides is 1. The van der Waals surface area contributed by atoms with Gasteiger partial charge in [0.25, 0.3) is 0 Å². The molecule has 0 unspecified atom stereocenters. The predicted octanol–water partition coefficient (Wildman–Crippen LogP) is 2.89. The smallest absolute Gasteiger partial charge is 0.320 e. The number of nitrogens with one attached hydrogen (secondary N) is 2. The first-order chi connectivity index (χ1) is 12.5. The monoisotopic (exact) mass is 365 g/mol. The predicted molar refractivity (Wildman–Crippen MR) is 82.6 cm³/mol. The van der Waals surface area contributed by atoms with Crippen LogP contribution in [0.3, 0.4) is 0 Å². The molecule has 0 saturated carbocycles. The molecule has 3 aromatic rings. The highest BCUT2D eigenvalue weighted by atomic mass is 19.2. The first kappa shape index (κ1) is 17.2. The molecule has 0 fully saturated rings. The summed E-state index contributed by atoms with van der Waals surface area (Å²) in [5.74, 6) is -4.50. The fourth-order valence-electron chi connectivity index (χ4n) is 1.86. The number of anilines is 3. The minimum atomic E-state index is -1.34. The molecule has 8 nitrogen and oxygen atoms in total. The number of halogens is 3. The Labute approximate surface area is 144 Å². The van der Waals surface area contributed by atoms with Gasteiger partial charge in [0.2, 0.25) is 5.88 Å². The summed E-state index contributed by atoms with van der Waals surface area (Å²) >= 11 is 0. The molecule has 0 aliphatic carbocycles. The summed E-state index contributed by atoms with van der Waals surface area (Å²) in [6.45, 7) is 0. The molecule has 26 heavy (non-hydrogen) atoms. The van der Waals surface area contributed by atoms with E-state index >= 15 is 0 Å². The van der Waals surface area contributed by atoms with Gasteiger partial charge in [0, 0.05) is 18.2 Å². The summed E-state index contributed by atoms with van der Waals surface area (Å²) in [5.41, 5.74) is -0.0889. The maximum absolute atomic E-state index is 13.6. The molecular formula is C15H10F3N5O3. The lowest BCUT2D eigenvalue weighted by molar-refractivity contribution is 0.0991. The van der Waals surface area contributed by atoms with Gasteiger partial charge in [-0.1, -0.05) is 5.10 Å². The molecule has 0 aliphatic heterocycles. The van der Waals surface area contributed by atoms with Gasteiger partial charge < -0.3 is 19.8 Å². The fourth-order valence-corrected chi connectivity index (χ4v) is 1.86. The van der Waals surface area contributed by atoms with Gasteiger partial charge in [0.05, 0.1) is 24.7 Å². The van der Waals surface area contributed by atoms with Gasteiger partial charge in [-0.2, -0.15) is 0 Å². The first-order valence-corrected chi connectivity index (χ1v) is 7.02. The van der Waals surface area contributed by atoms with Crippen LogP contribution in [0.2, 0.25) is 0 Å². The van der Waals surface area contributed by atoms with E-state index in [-0.39, 0.29) is 6.01 Å². The number of ether oxygens (including phenoxy) is 1. The Balaban J connectivity index is 1.70. The SMILES string of the molecule is COc1ccc(NC(=O)c2nnc(Nc3cc(F)c(F)cc3F)o2)cn1. The van der Waals surface area contributed by atoms with Crippen LogP contribution < -0.4 is 15.4 Å². The molecular weight excluding hydrogens is 355 g/mol. The highest BCUT2D eigenvalue weighted by molar-refractivity contribution is 6.00. The van der Waals surface area contributed by atoms with E-state index < -0.39 is 34.9 Å². The van der Waals surface area contributed by atoms with Crippen molar-refractivity contribution in [2.45, 2.75) is 0 Å². The Hall–Kier alpha value is -3.63. The standard InChI is InChI=1S/C15H10F3N5O3/c1-25-12-3-2-7(6-19-12)20-13(24)14-22-23-15(26-14)21-11-5-9(17)8(16)4-10(11)18/h2-6H,1H3,(H,20,24)(H,21,23). The highest BCUT2D eigenvalue weighted by Crippen LogP contribution is 2.22. The maximum atomic E-state index is 13.6. The van der Waals surface area contributed by atoms with E-state index in [0.29, 0.717) is 23.7 Å². The summed E-state index contributed by atoms with van der Waals surface area (Å²) in [5, 5.41) is 11.7. The van der Waals surface area contributed by atoms with Gasteiger partial charge in [0.15, 0.2) is 11.6 Å². The van der Waals surface area contributed by atoms with Gasteiger partial charge >= 0.3 is 17.8 Å². The number of methoxy groups -OCH3 is 1. The Morgan fingerprint density at radius 3 is 2.58 bits per heavy atom. The molecule has 0 aliphatic rings. The van der Waals surface area contributed by atoms with Crippen molar-refractivity contribution in [3.8, 4) is 5.88 Å². The Bertz CT molecular complexity index is 946. The molecule has 1 amide bonds. The van der Waals surface area contributed by atoms with Gasteiger partial charge in [-0.15, -0.1) is 5.10 Å². The van der Waals surface area contributed by atoms with Crippen molar-refractivity contribution in [3.63, 3.8) is 0 Å². The molecule has 0 saturated heterocycles. The average Bonchev–Trinajstić information content (AvgIpc) is 3.09. The van der Waals surface area contributed by atoms with Crippen molar-refractivity contribution < 1.29 is 27.1 Å². The van der Waals surface area contributed by atoms with E-state index in [0.717, 1.165) is 0 Å². The first-order valence-electron chi connectivity index (χ1n) is 7.02. The topological polar surface area (TPSA) is 102 Å². The van der Waals surface area contributed by atoms with Gasteiger partial charge in [0.1, 0.15) is 5.82 Å². The number of benzene rings is 1. The lowest BCUT2D eigenvalue weighted by Crippen LogP contribution is -2.12. The van der Waals surface area contributed by atoms with Crippen molar-refractivity contribution in [2.75, 3.05) is 17.7 Å². The van der Waals surface area contributed by atoms with Crippen LogP contribution in [0.25, 0.3) is 0 Å². The van der Waals surface area contributed by atoms with E-state index in [4.69, 9.17) is 9.15 Å². The van der Waals surface area contributed by atoms with Crippen molar-refractivity contribution in [1.82, 2.24) is 15.2 Å². The molecule has 11 heteroatoms. The Kier molecular flexibility index (Phi) is 4.69. The summed E-state index contributed by atoms with van der Waals surface area (Å²) in [6.07, 6.45) is 1.35. The molecule has 1 aromatic carbocycles. The number of hydrogen-bond acceptors (Lipinski definition) is 7. The molecule has 0 spiro atoms. The third-order valence-corrected chi connectivity index (χ3v) is 3.07. The van der Waals surface area contributed by atoms with E-state index in [9.17, 15) is 18.0 Å². The van der Waals surface area contributed by atoms with Crippen LogP contribution in [0, 0.1) is 17.5 Å². The second-order valence-corrected chi connectivity index (χ2v) is 4.83. The Morgan fingerprint density at radius 2 is 1.88 bits per heavy atom. The van der Waals surface area contributed by atoms with Crippen LogP contribution in [0.15, 0.2) is 34.9 Å². The number of carbonyl (C=O) groups is 1. The van der Waals surface area contributed by atoms with E-state index in [1.165, 1.54) is 25.4 Å². The van der Waals surface area contributed by atoms with Crippen LogP contribution in [0.5, 0.6) is 5.88 Å². The fraction of sp³-hybridized carbons (Fsp3) is 0.0667. The minimum absolute atomic E-state index is 0.343. The van der Waals surface area contributed by atoms with E-state index in [1.807, 2.05) is 0 Å². The zero-order chi connectivity index (χ0) is 18.7. The summed E-state index contributed by atoms with van der Waals surface area (Å²) in [4.78, 5) is 15.9. The third kappa shape index (κ3) is 3.71. The van der Waals surface area contributed by atoms with Crippen LogP contribution in [0.4, 0.5) is 30.6 Å². The molecule has 2 heterocycles. The zero-order valence-corrected chi connectivity index (χ0v) is 13.1. The van der Waals surface area contributed by atoms with Crippen LogP contribution in [0.1, 0.15) is 10.7 Å². The molecule has 0 atom stereocenters. The van der Waals surface area contributed by atoms with Gasteiger partial charge in [-0.25, -0.2) is 18.2 Å². The van der Waals surface area contributed by atoms with Crippen molar-refractivity contribution in [3.05, 3.63) is 53.8 Å². The number of carbonyl (C=O) groups excluding carboxylic acids is 1. The minimum Gasteiger partial charge on any atom is -0.481 e. The van der Waals surface area contributed by atoms with Crippen LogP contribution >= 0.6 is 0 Å². The van der Waals surface area contributed by atoms with Crippen LogP contribution in [-0.4, -0.2) is 28.2 Å². The van der Waals surface area contributed by atoms with Crippen LogP contribution in [-0.2, 0) is 0 Å². The maximum Gasteiger partial charge on any atom is 0.320 e. The quantitative estimate of drug-likeness (QED) is 0.670. The third-order valence-electron chi connectivity index (χ3n) is 3.07. The lowest BCUT2D eigenvalue weighted by Gasteiger charge is -2.04. The molecule has 0 bridgehead atoms. The zero-order valence-electron chi connectivity index (χ0n) is 13.1. The normalized spacial score (nSPS) is 10.5. The molecule has 2 N–H and O–H groups in total. The summed E-state index contributed by atoms with van der Waals surface area (Å²) in [7, 11) is 1.45.